The summed E-state index contributed by atoms with van der Waals surface area (Å²) in [6.45, 7) is 2.06. The van der Waals surface area contributed by atoms with Gasteiger partial charge in [-0.15, -0.1) is 11.3 Å². The molecule has 1 amide bonds. The van der Waals surface area contributed by atoms with Crippen LogP contribution >= 0.6 is 27.3 Å². The van der Waals surface area contributed by atoms with Gasteiger partial charge in [0.05, 0.1) is 16.3 Å². The molecule has 0 aliphatic carbocycles. The van der Waals surface area contributed by atoms with Crippen LogP contribution < -0.4 is 5.32 Å². The maximum Gasteiger partial charge on any atom is 0.268 e. The zero-order valence-electron chi connectivity index (χ0n) is 13.7. The largest absolute Gasteiger partial charge is 0.376 e. The second-order valence-electron chi connectivity index (χ2n) is 6.26. The van der Waals surface area contributed by atoms with Crippen LogP contribution in [0.2, 0.25) is 0 Å². The molecule has 4 rings (SSSR count). The van der Waals surface area contributed by atoms with Gasteiger partial charge in [0, 0.05) is 24.2 Å². The Labute approximate surface area is 158 Å². The van der Waals surface area contributed by atoms with Crippen molar-refractivity contribution in [2.45, 2.75) is 25.5 Å². The molecule has 130 valence electrons. The first kappa shape index (κ1) is 16.8. The van der Waals surface area contributed by atoms with Crippen LogP contribution in [-0.2, 0) is 11.3 Å². The number of nitrogens with one attached hydrogen (secondary N) is 1. The number of thiophene rings is 1. The number of nitrogens with zero attached hydrogens (tertiary/aromatic N) is 1. The average Bonchev–Trinajstić information content (AvgIpc) is 3.33. The number of amides is 1. The first-order valence-corrected chi connectivity index (χ1v) is 10.1. The van der Waals surface area contributed by atoms with Gasteiger partial charge in [-0.25, -0.2) is 0 Å². The van der Waals surface area contributed by atoms with Crippen molar-refractivity contribution in [3.63, 3.8) is 0 Å². The van der Waals surface area contributed by atoms with Crippen molar-refractivity contribution in [1.82, 2.24) is 9.88 Å². The van der Waals surface area contributed by atoms with E-state index in [-0.39, 0.29) is 12.0 Å². The Morgan fingerprint density at radius 2 is 2.16 bits per heavy atom. The second-order valence-corrected chi connectivity index (χ2v) is 8.12. The highest BCUT2D eigenvalue weighted by Gasteiger charge is 2.20. The van der Waals surface area contributed by atoms with E-state index in [2.05, 4.69) is 49.4 Å². The van der Waals surface area contributed by atoms with E-state index in [9.17, 15) is 4.79 Å². The number of aromatic nitrogens is 1. The number of carbonyl (C=O) groups excluding carboxylic acids is 1. The number of carbonyl (C=O) groups is 1. The van der Waals surface area contributed by atoms with Crippen molar-refractivity contribution in [1.29, 1.82) is 0 Å². The molecule has 25 heavy (non-hydrogen) atoms. The van der Waals surface area contributed by atoms with Gasteiger partial charge in [0.1, 0.15) is 5.69 Å². The van der Waals surface area contributed by atoms with Crippen LogP contribution in [0.25, 0.3) is 10.2 Å². The molecule has 0 unspecified atom stereocenters. The highest BCUT2D eigenvalue weighted by molar-refractivity contribution is 9.10. The third-order valence-corrected chi connectivity index (χ3v) is 5.91. The Bertz CT molecular complexity index is 879. The van der Waals surface area contributed by atoms with E-state index in [4.69, 9.17) is 4.74 Å². The number of halogens is 1. The first-order chi connectivity index (χ1) is 12.2. The van der Waals surface area contributed by atoms with E-state index in [1.165, 1.54) is 5.56 Å². The Morgan fingerprint density at radius 1 is 1.32 bits per heavy atom. The molecule has 6 heteroatoms. The Morgan fingerprint density at radius 3 is 2.92 bits per heavy atom. The standard InChI is InChI=1S/C19H19BrN2O2S/c20-14-5-3-13(4-6-14)12-22-16-7-9-25-18(16)10-17(22)19(23)21-11-15-2-1-8-24-15/h3-7,9-10,15H,1-2,8,11-12H2,(H,21,23)/t15-/m0/s1. The van der Waals surface area contributed by atoms with Crippen molar-refractivity contribution < 1.29 is 9.53 Å². The van der Waals surface area contributed by atoms with Gasteiger partial charge >= 0.3 is 0 Å². The van der Waals surface area contributed by atoms with Crippen molar-refractivity contribution in [2.75, 3.05) is 13.2 Å². The SMILES string of the molecule is O=C(NC[C@@H]1CCCO1)c1cc2sccc2n1Cc1ccc(Br)cc1. The highest BCUT2D eigenvalue weighted by Crippen LogP contribution is 2.26. The predicted octanol–water partition coefficient (Wildman–Crippen LogP) is 4.42. The van der Waals surface area contributed by atoms with Crippen LogP contribution in [0.3, 0.4) is 0 Å². The van der Waals surface area contributed by atoms with E-state index < -0.39 is 0 Å². The normalized spacial score (nSPS) is 17.2. The molecular weight excluding hydrogens is 400 g/mol. The summed E-state index contributed by atoms with van der Waals surface area (Å²) in [4.78, 5) is 12.7. The highest BCUT2D eigenvalue weighted by atomic mass is 79.9. The third kappa shape index (κ3) is 3.66. The Balaban J connectivity index is 1.58. The molecular formula is C19H19BrN2O2S. The molecule has 1 saturated heterocycles. The van der Waals surface area contributed by atoms with E-state index in [1.807, 2.05) is 18.2 Å². The van der Waals surface area contributed by atoms with E-state index >= 15 is 0 Å². The number of fused-ring (bicyclic) bond motifs is 1. The molecule has 1 aromatic carbocycles. The summed E-state index contributed by atoms with van der Waals surface area (Å²) in [6, 6.07) is 12.3. The molecule has 1 atom stereocenters. The Hall–Kier alpha value is -1.63. The fourth-order valence-electron chi connectivity index (χ4n) is 3.21. The minimum Gasteiger partial charge on any atom is -0.376 e. The van der Waals surface area contributed by atoms with Gasteiger partial charge in [-0.2, -0.15) is 0 Å². The summed E-state index contributed by atoms with van der Waals surface area (Å²) in [6.07, 6.45) is 2.26. The average molecular weight is 419 g/mol. The lowest BCUT2D eigenvalue weighted by atomic mass is 10.2. The molecule has 4 nitrogen and oxygen atoms in total. The van der Waals surface area contributed by atoms with Crippen LogP contribution in [0, 0.1) is 0 Å². The van der Waals surface area contributed by atoms with Crippen molar-refractivity contribution in [3.8, 4) is 0 Å². The molecule has 1 aliphatic rings. The van der Waals surface area contributed by atoms with Gasteiger partial charge in [0.15, 0.2) is 0 Å². The number of hydrogen-bond donors (Lipinski definition) is 1. The maximum absolute atomic E-state index is 12.7. The van der Waals surface area contributed by atoms with Crippen molar-refractivity contribution in [2.24, 2.45) is 0 Å². The molecule has 1 aliphatic heterocycles. The molecule has 1 fully saturated rings. The van der Waals surface area contributed by atoms with Gasteiger partial charge < -0.3 is 14.6 Å². The lowest BCUT2D eigenvalue weighted by Crippen LogP contribution is -2.33. The number of hydrogen-bond acceptors (Lipinski definition) is 3. The van der Waals surface area contributed by atoms with Gasteiger partial charge in [-0.1, -0.05) is 28.1 Å². The Kier molecular flexibility index (Phi) is 4.92. The van der Waals surface area contributed by atoms with Gasteiger partial charge in [0.2, 0.25) is 0 Å². The summed E-state index contributed by atoms with van der Waals surface area (Å²) < 4.78 is 9.89. The van der Waals surface area contributed by atoms with Crippen LogP contribution in [-0.4, -0.2) is 29.7 Å². The van der Waals surface area contributed by atoms with Gasteiger partial charge in [-0.05, 0) is 48.1 Å². The van der Waals surface area contributed by atoms with E-state index in [0.29, 0.717) is 18.8 Å². The molecule has 0 bridgehead atoms. The summed E-state index contributed by atoms with van der Waals surface area (Å²) in [5.74, 6) is -0.0315. The van der Waals surface area contributed by atoms with Crippen LogP contribution in [0.5, 0.6) is 0 Å². The fraction of sp³-hybridized carbons (Fsp3) is 0.316. The molecule has 0 saturated carbocycles. The summed E-state index contributed by atoms with van der Waals surface area (Å²) in [5, 5.41) is 5.11. The molecule has 2 aromatic heterocycles. The minimum atomic E-state index is -0.0315. The fourth-order valence-corrected chi connectivity index (χ4v) is 4.30. The third-order valence-electron chi connectivity index (χ3n) is 4.52. The van der Waals surface area contributed by atoms with Crippen LogP contribution in [0.15, 0.2) is 46.3 Å². The monoisotopic (exact) mass is 418 g/mol. The van der Waals surface area contributed by atoms with Gasteiger partial charge in [0.25, 0.3) is 5.91 Å². The van der Waals surface area contributed by atoms with Gasteiger partial charge in [-0.3, -0.25) is 4.79 Å². The smallest absolute Gasteiger partial charge is 0.268 e. The second kappa shape index (κ2) is 7.32. The van der Waals surface area contributed by atoms with Crippen molar-refractivity contribution in [3.05, 3.63) is 57.5 Å². The molecule has 0 radical (unpaired) electrons. The van der Waals surface area contributed by atoms with Crippen LogP contribution in [0.1, 0.15) is 28.9 Å². The zero-order valence-corrected chi connectivity index (χ0v) is 16.1. The lowest BCUT2D eigenvalue weighted by molar-refractivity contribution is 0.0851. The summed E-state index contributed by atoms with van der Waals surface area (Å²) >= 11 is 5.13. The zero-order chi connectivity index (χ0) is 17.2. The minimum absolute atomic E-state index is 0.0315. The van der Waals surface area contributed by atoms with E-state index in [0.717, 1.165) is 34.1 Å². The van der Waals surface area contributed by atoms with Crippen molar-refractivity contribution >= 4 is 43.4 Å². The molecule has 3 heterocycles. The molecule has 1 N–H and O–H groups in total. The van der Waals surface area contributed by atoms with Crippen LogP contribution in [0.4, 0.5) is 0 Å². The summed E-state index contributed by atoms with van der Waals surface area (Å²) in [7, 11) is 0. The topological polar surface area (TPSA) is 43.3 Å². The maximum atomic E-state index is 12.7. The lowest BCUT2D eigenvalue weighted by Gasteiger charge is -2.13. The summed E-state index contributed by atoms with van der Waals surface area (Å²) in [5.41, 5.74) is 2.98. The first-order valence-electron chi connectivity index (χ1n) is 8.42. The number of ether oxygens (including phenoxy) is 1. The molecule has 0 spiro atoms. The predicted molar refractivity (Wildman–Crippen MR) is 104 cm³/mol. The molecule has 3 aromatic rings. The quantitative estimate of drug-likeness (QED) is 0.665. The number of benzene rings is 1. The van der Waals surface area contributed by atoms with E-state index in [1.54, 1.807) is 11.3 Å². The number of rotatable bonds is 5.